The molecule has 6 rings (SSSR count). The first-order valence-electron chi connectivity index (χ1n) is 20.4. The summed E-state index contributed by atoms with van der Waals surface area (Å²) in [6, 6.07) is 7.37. The number of nitrogens with one attached hydrogen (secondary N) is 1. The van der Waals surface area contributed by atoms with Gasteiger partial charge in [-0.15, -0.1) is 0 Å². The van der Waals surface area contributed by atoms with Gasteiger partial charge in [0.2, 0.25) is 11.9 Å². The van der Waals surface area contributed by atoms with E-state index in [1.807, 2.05) is 13.8 Å². The Morgan fingerprint density at radius 1 is 0.739 bits per heavy atom. The maximum Gasteiger partial charge on any atom is 0.310 e. The largest absolute Gasteiger partial charge is 0.368 e. The number of nitrogens with two attached hydrogens (primary N) is 2. The van der Waals surface area contributed by atoms with E-state index in [0.29, 0.717) is 42.3 Å². The van der Waals surface area contributed by atoms with Gasteiger partial charge in [-0.3, -0.25) is 5.10 Å². The van der Waals surface area contributed by atoms with Crippen LogP contribution in [0, 0.1) is 13.8 Å². The minimum Gasteiger partial charge on any atom is -0.368 e. The molecular formula is C40H53Cl2F10IN12OS2Si. The van der Waals surface area contributed by atoms with E-state index in [1.54, 1.807) is 6.20 Å². The fourth-order valence-electron chi connectivity index (χ4n) is 5.81. The van der Waals surface area contributed by atoms with Gasteiger partial charge in [0, 0.05) is 44.6 Å². The highest BCUT2D eigenvalue weighted by atomic mass is 127. The number of nitrogen functional groups attached to an aromatic ring is 2. The molecule has 0 radical (unpaired) electrons. The van der Waals surface area contributed by atoms with Gasteiger partial charge in [0.1, 0.15) is 33.9 Å². The molecule has 0 amide bonds. The number of rotatable bonds is 15. The molecule has 0 bridgehead atoms. The summed E-state index contributed by atoms with van der Waals surface area (Å²) in [6.07, 6.45) is 5.66. The second-order valence-electron chi connectivity index (χ2n) is 15.8. The molecule has 5 N–H and O–H groups in total. The van der Waals surface area contributed by atoms with Gasteiger partial charge < -0.3 is 26.0 Å². The Morgan fingerprint density at radius 3 is 1.57 bits per heavy atom. The molecule has 0 unspecified atom stereocenters. The Balaban J connectivity index is 0.000000342. The Bertz CT molecular complexity index is 2690. The number of anilines is 6. The normalized spacial score (nSPS) is 13.7. The van der Waals surface area contributed by atoms with E-state index >= 15 is 0 Å². The Morgan fingerprint density at radius 2 is 1.19 bits per heavy atom. The maximum atomic E-state index is 13.3. The zero-order valence-electron chi connectivity index (χ0n) is 38.5. The highest BCUT2D eigenvalue weighted by Crippen LogP contribution is 3.02. The highest BCUT2D eigenvalue weighted by molar-refractivity contribution is 14.1. The van der Waals surface area contributed by atoms with Crippen LogP contribution in [0.1, 0.15) is 43.3 Å². The fourth-order valence-corrected chi connectivity index (χ4v) is 8.38. The summed E-state index contributed by atoms with van der Waals surface area (Å²) >= 11 is 14.7. The molecule has 29 heteroatoms. The molecule has 4 aromatic heterocycles. The Hall–Kier alpha value is -4.29. The number of aromatic amines is 1. The maximum absolute atomic E-state index is 13.3. The van der Waals surface area contributed by atoms with E-state index < -0.39 is 38.3 Å². The third-order valence-electron chi connectivity index (χ3n) is 8.98. The molecule has 0 saturated heterocycles. The summed E-state index contributed by atoms with van der Waals surface area (Å²) in [7, 11) is -20.9. The van der Waals surface area contributed by atoms with Crippen LogP contribution in [0.15, 0.2) is 83.1 Å². The lowest BCUT2D eigenvalue weighted by atomic mass is 10.1. The van der Waals surface area contributed by atoms with Crippen molar-refractivity contribution in [3.8, 4) is 0 Å². The van der Waals surface area contributed by atoms with E-state index in [-0.39, 0.29) is 75.9 Å². The van der Waals surface area contributed by atoms with Gasteiger partial charge in [-0.05, 0) is 84.0 Å². The number of alkyl halides is 1. The SMILES string of the molecule is CC.CCI.Cc1cc(S(F)(F)(F)(F)F)ccc1N(Cc1[nH]ncc1Cl)c1ccnc(N)n1.Cc1cc(S(F)(F)(F)(F)F)ccc1N(Cc1nn(COCC[Si](C)(C)C)cc1Cl)c1ccnc(N)n1. The van der Waals surface area contributed by atoms with Crippen LogP contribution in [0.3, 0.4) is 0 Å². The first-order valence-corrected chi connectivity index (χ1v) is 30.3. The molecule has 0 aliphatic carbocycles. The zero-order chi connectivity index (χ0) is 52.5. The summed E-state index contributed by atoms with van der Waals surface area (Å²) in [5.41, 5.74) is 12.4. The van der Waals surface area contributed by atoms with E-state index in [1.165, 1.54) is 63.5 Å². The van der Waals surface area contributed by atoms with Crippen molar-refractivity contribution in [3.63, 3.8) is 0 Å². The average molecular weight is 1200 g/mol. The third kappa shape index (κ3) is 18.1. The van der Waals surface area contributed by atoms with Crippen LogP contribution >= 0.6 is 66.2 Å². The van der Waals surface area contributed by atoms with Crippen LogP contribution in [0.25, 0.3) is 0 Å². The molecule has 0 aliphatic heterocycles. The molecule has 0 atom stereocenters. The van der Waals surface area contributed by atoms with Crippen LogP contribution in [0.4, 0.5) is 73.8 Å². The summed E-state index contributed by atoms with van der Waals surface area (Å²) in [5, 5.41) is 11.4. The minimum absolute atomic E-state index is 0.0197. The molecule has 4 heterocycles. The first-order chi connectivity index (χ1) is 31.5. The van der Waals surface area contributed by atoms with Crippen molar-refractivity contribution in [2.75, 3.05) is 32.3 Å². The second-order valence-corrected chi connectivity index (χ2v) is 28.6. The van der Waals surface area contributed by atoms with Crippen molar-refractivity contribution in [2.45, 2.75) is 89.9 Å². The number of aryl methyl sites for hydroxylation is 2. The van der Waals surface area contributed by atoms with Crippen LogP contribution < -0.4 is 21.3 Å². The molecule has 69 heavy (non-hydrogen) atoms. The van der Waals surface area contributed by atoms with E-state index in [0.717, 1.165) is 18.2 Å². The van der Waals surface area contributed by atoms with Gasteiger partial charge in [0.05, 0.1) is 35.0 Å². The van der Waals surface area contributed by atoms with E-state index in [2.05, 4.69) is 84.4 Å². The molecular weight excluding hydrogens is 1140 g/mol. The van der Waals surface area contributed by atoms with Gasteiger partial charge in [-0.2, -0.15) is 20.2 Å². The molecule has 0 saturated carbocycles. The van der Waals surface area contributed by atoms with Crippen molar-refractivity contribution in [3.05, 3.63) is 106 Å². The van der Waals surface area contributed by atoms with Crippen LogP contribution in [-0.2, 0) is 24.6 Å². The predicted octanol–water partition coefficient (Wildman–Crippen LogP) is 15.7. The molecule has 386 valence electrons. The average Bonchev–Trinajstić information content (AvgIpc) is 3.79. The second kappa shape index (κ2) is 21.2. The smallest absolute Gasteiger partial charge is 0.310 e. The number of halogens is 13. The predicted molar refractivity (Wildman–Crippen MR) is 271 cm³/mol. The molecule has 0 spiro atoms. The molecule has 2 aromatic carbocycles. The molecule has 6 aromatic rings. The quantitative estimate of drug-likeness (QED) is 0.0294. The summed E-state index contributed by atoms with van der Waals surface area (Å²) in [6.45, 7) is 16.1. The van der Waals surface area contributed by atoms with Crippen LogP contribution in [0.2, 0.25) is 35.7 Å². The summed E-state index contributed by atoms with van der Waals surface area (Å²) in [5.74, 6) is 0.315. The van der Waals surface area contributed by atoms with Gasteiger partial charge in [-0.25, -0.2) is 14.6 Å². The van der Waals surface area contributed by atoms with Crippen molar-refractivity contribution < 1.29 is 43.6 Å². The van der Waals surface area contributed by atoms with Crippen molar-refractivity contribution in [1.82, 2.24) is 39.9 Å². The van der Waals surface area contributed by atoms with Crippen molar-refractivity contribution in [2.24, 2.45) is 0 Å². The van der Waals surface area contributed by atoms with Crippen LogP contribution in [-0.4, -0.2) is 59.0 Å². The van der Waals surface area contributed by atoms with Gasteiger partial charge >= 0.3 is 20.4 Å². The van der Waals surface area contributed by atoms with Gasteiger partial charge in [-0.1, -0.05) is 125 Å². The van der Waals surface area contributed by atoms with Crippen LogP contribution in [0.5, 0.6) is 0 Å². The third-order valence-corrected chi connectivity index (χ3v) is 13.6. The lowest BCUT2D eigenvalue weighted by molar-refractivity contribution is 0.0783. The number of ether oxygens (including phenoxy) is 1. The lowest BCUT2D eigenvalue weighted by Gasteiger charge is -2.41. The van der Waals surface area contributed by atoms with Crippen molar-refractivity contribution in [1.29, 1.82) is 0 Å². The number of nitrogens with zero attached hydrogens (tertiary/aromatic N) is 9. The van der Waals surface area contributed by atoms with Gasteiger partial charge in [0.25, 0.3) is 0 Å². The molecule has 0 fully saturated rings. The first kappa shape index (κ1) is 59.0. The standard InChI is InChI=1S/C21H28ClF5N6OSSi.C15H14ClF5N6S.C2H5I.C2H6/c1-15-11-16(35(23,24,25,26)27)5-6-19(15)33(20-7-8-29-21(28)30-20)13-18-17(22)12-32(31-18)14-34-9-10-36(2,3)4;1-9-6-10(28(17,18,19,20)21)2-3-13(9)27(8-12-11(16)7-24-26-12)14-4-5-23-15(22)25-14;1-2-3;1-2/h5-8,11-12H,9-10,13-14H2,1-4H3,(H2,28,29,30);2-7H,8H2,1H3,(H,24,26)(H2,22,23,25);2H2,1H3;1-2H3. The van der Waals surface area contributed by atoms with E-state index in [9.17, 15) is 38.9 Å². The van der Waals surface area contributed by atoms with Crippen molar-refractivity contribution >= 4 is 109 Å². The monoisotopic (exact) mass is 1200 g/mol. The fraction of sp³-hybridized carbons (Fsp3) is 0.350. The Kier molecular flexibility index (Phi) is 18.1. The number of hydrogen-bond acceptors (Lipinski definition) is 11. The highest BCUT2D eigenvalue weighted by Gasteiger charge is 2.66. The number of aromatic nitrogens is 8. The number of benzene rings is 2. The minimum atomic E-state index is -9.85. The molecule has 0 aliphatic rings. The Labute approximate surface area is 418 Å². The summed E-state index contributed by atoms with van der Waals surface area (Å²) in [4.78, 5) is 14.8. The van der Waals surface area contributed by atoms with E-state index in [4.69, 9.17) is 39.4 Å². The number of hydrogen-bond donors (Lipinski definition) is 3. The number of H-pyrrole nitrogens is 1. The topological polar surface area (TPSA) is 166 Å². The molecule has 13 nitrogen and oxygen atoms in total. The summed E-state index contributed by atoms with van der Waals surface area (Å²) < 4.78 is 141. The lowest BCUT2D eigenvalue weighted by Crippen LogP contribution is -2.22. The van der Waals surface area contributed by atoms with Gasteiger partial charge in [0.15, 0.2) is 0 Å². The zero-order valence-corrected chi connectivity index (χ0v) is 44.8.